The van der Waals surface area contributed by atoms with Crippen LogP contribution in [0.2, 0.25) is 0 Å². The summed E-state index contributed by atoms with van der Waals surface area (Å²) in [4.78, 5) is 11.4. The third-order valence-electron chi connectivity index (χ3n) is 4.13. The summed E-state index contributed by atoms with van der Waals surface area (Å²) >= 11 is 0. The van der Waals surface area contributed by atoms with E-state index in [1.54, 1.807) is 24.3 Å². The zero-order chi connectivity index (χ0) is 17.0. The van der Waals surface area contributed by atoms with Crippen molar-refractivity contribution in [2.45, 2.75) is 37.8 Å². The van der Waals surface area contributed by atoms with Crippen molar-refractivity contribution in [2.75, 3.05) is 14.2 Å². The van der Waals surface area contributed by atoms with Crippen molar-refractivity contribution >= 4 is 16.2 Å². The highest BCUT2D eigenvalue weighted by atomic mass is 32.2. The fourth-order valence-corrected chi connectivity index (χ4v) is 3.74. The van der Waals surface area contributed by atoms with Crippen LogP contribution in [0.3, 0.4) is 0 Å². The molecule has 2 N–H and O–H groups in total. The molecule has 23 heavy (non-hydrogen) atoms. The van der Waals surface area contributed by atoms with Crippen LogP contribution in [0.25, 0.3) is 0 Å². The Morgan fingerprint density at radius 2 is 2.17 bits per heavy atom. The van der Waals surface area contributed by atoms with E-state index >= 15 is 0 Å². The normalized spacial score (nSPS) is 16.8. The van der Waals surface area contributed by atoms with E-state index in [2.05, 4.69) is 4.72 Å². The third-order valence-corrected chi connectivity index (χ3v) is 5.77. The molecule has 1 aromatic carbocycles. The Balaban J connectivity index is 2.10. The van der Waals surface area contributed by atoms with Gasteiger partial charge in [-0.3, -0.25) is 4.79 Å². The van der Waals surface area contributed by atoms with Crippen LogP contribution in [0.15, 0.2) is 24.3 Å². The Morgan fingerprint density at radius 3 is 2.70 bits per heavy atom. The fraction of sp³-hybridized carbons (Fsp3) is 0.533. The van der Waals surface area contributed by atoms with Crippen molar-refractivity contribution in [1.82, 2.24) is 9.03 Å². The summed E-state index contributed by atoms with van der Waals surface area (Å²) in [7, 11) is -0.828. The van der Waals surface area contributed by atoms with Crippen LogP contribution in [0, 0.1) is 0 Å². The number of nitrogens with one attached hydrogen (secondary N) is 1. The van der Waals surface area contributed by atoms with Crippen LogP contribution >= 0.6 is 0 Å². The zero-order valence-electron chi connectivity index (χ0n) is 13.2. The summed E-state index contributed by atoms with van der Waals surface area (Å²) in [6.07, 6.45) is 2.66. The Hall–Kier alpha value is -1.64. The van der Waals surface area contributed by atoms with Gasteiger partial charge < -0.3 is 9.84 Å². The first kappa shape index (κ1) is 17.7. The second-order valence-electron chi connectivity index (χ2n) is 5.67. The number of methoxy groups -OCH3 is 1. The highest BCUT2D eigenvalue weighted by Gasteiger charge is 2.33. The first-order valence-corrected chi connectivity index (χ1v) is 8.88. The highest BCUT2D eigenvalue weighted by molar-refractivity contribution is 7.87. The summed E-state index contributed by atoms with van der Waals surface area (Å²) in [5.74, 6) is -0.612. The fourth-order valence-electron chi connectivity index (χ4n) is 2.42. The van der Waals surface area contributed by atoms with Crippen LogP contribution in [0.1, 0.15) is 24.8 Å². The molecule has 1 aliphatic carbocycles. The average molecular weight is 342 g/mol. The lowest BCUT2D eigenvalue weighted by Crippen LogP contribution is -2.52. The van der Waals surface area contributed by atoms with E-state index in [-0.39, 0.29) is 12.5 Å². The van der Waals surface area contributed by atoms with Gasteiger partial charge in [-0.1, -0.05) is 18.6 Å². The first-order chi connectivity index (χ1) is 10.8. The maximum absolute atomic E-state index is 12.3. The standard InChI is InChI=1S/C15H22N2O5S/c1-17(12-6-4-7-12)23(20,21)16-14(15(18)19)10-11-5-3-8-13(9-11)22-2/h3,5,8-9,12,14,16H,4,6-7,10H2,1-2H3,(H,18,19). The molecule has 1 fully saturated rings. The molecular formula is C15H22N2O5S. The first-order valence-electron chi connectivity index (χ1n) is 7.44. The number of rotatable bonds is 8. The average Bonchev–Trinajstić information content (AvgIpc) is 2.44. The summed E-state index contributed by atoms with van der Waals surface area (Å²) in [5, 5.41) is 9.34. The molecule has 1 saturated carbocycles. The maximum Gasteiger partial charge on any atom is 0.322 e. The minimum atomic E-state index is -3.83. The number of benzene rings is 1. The molecule has 0 aromatic heterocycles. The second kappa shape index (κ2) is 7.29. The molecular weight excluding hydrogens is 320 g/mol. The summed E-state index contributed by atoms with van der Waals surface area (Å²) in [6, 6.07) is 5.64. The number of hydrogen-bond donors (Lipinski definition) is 2. The van der Waals surface area contributed by atoms with Crippen molar-refractivity contribution in [3.8, 4) is 5.75 Å². The SMILES string of the molecule is COc1cccc(CC(NS(=O)(=O)N(C)C2CCC2)C(=O)O)c1. The Morgan fingerprint density at radius 1 is 1.48 bits per heavy atom. The molecule has 1 aliphatic rings. The van der Waals surface area contributed by atoms with Crippen molar-refractivity contribution in [2.24, 2.45) is 0 Å². The van der Waals surface area contributed by atoms with Gasteiger partial charge in [0.15, 0.2) is 0 Å². The number of carbonyl (C=O) groups is 1. The monoisotopic (exact) mass is 342 g/mol. The minimum absolute atomic E-state index is 0.0428. The molecule has 0 bridgehead atoms. The van der Waals surface area contributed by atoms with E-state index in [0.717, 1.165) is 19.3 Å². The van der Waals surface area contributed by atoms with Crippen molar-refractivity contribution < 1.29 is 23.1 Å². The number of hydrogen-bond acceptors (Lipinski definition) is 4. The smallest absolute Gasteiger partial charge is 0.322 e. The van der Waals surface area contributed by atoms with Gasteiger partial charge in [0.05, 0.1) is 7.11 Å². The van der Waals surface area contributed by atoms with Crippen molar-refractivity contribution in [1.29, 1.82) is 0 Å². The number of nitrogens with zero attached hydrogens (tertiary/aromatic N) is 1. The van der Waals surface area contributed by atoms with Crippen LogP contribution in [-0.4, -0.2) is 50.0 Å². The van der Waals surface area contributed by atoms with Gasteiger partial charge in [-0.05, 0) is 37.0 Å². The molecule has 1 aromatic rings. The number of carboxylic acids is 1. The molecule has 128 valence electrons. The molecule has 0 radical (unpaired) electrons. The van der Waals surface area contributed by atoms with E-state index < -0.39 is 22.2 Å². The summed E-state index contributed by atoms with van der Waals surface area (Å²) in [5.41, 5.74) is 0.686. The topological polar surface area (TPSA) is 95.9 Å². The van der Waals surface area contributed by atoms with E-state index in [1.807, 2.05) is 0 Å². The number of carboxylic acid groups (broad SMARTS) is 1. The van der Waals surface area contributed by atoms with Crippen molar-refractivity contribution in [3.05, 3.63) is 29.8 Å². The van der Waals surface area contributed by atoms with Gasteiger partial charge in [0.1, 0.15) is 11.8 Å². The van der Waals surface area contributed by atoms with Crippen LogP contribution in [-0.2, 0) is 21.4 Å². The summed E-state index contributed by atoms with van der Waals surface area (Å²) < 4.78 is 33.3. The highest BCUT2D eigenvalue weighted by Crippen LogP contribution is 2.25. The van der Waals surface area contributed by atoms with Gasteiger partial charge >= 0.3 is 5.97 Å². The van der Waals surface area contributed by atoms with Crippen LogP contribution < -0.4 is 9.46 Å². The maximum atomic E-state index is 12.3. The predicted molar refractivity (Wildman–Crippen MR) is 85.6 cm³/mol. The van der Waals surface area contributed by atoms with E-state index in [4.69, 9.17) is 4.74 Å². The molecule has 0 spiro atoms. The van der Waals surface area contributed by atoms with Crippen LogP contribution in [0.5, 0.6) is 5.75 Å². The van der Waals surface area contributed by atoms with E-state index in [0.29, 0.717) is 11.3 Å². The number of aliphatic carboxylic acids is 1. The predicted octanol–water partition coefficient (Wildman–Crippen LogP) is 1.01. The third kappa shape index (κ3) is 4.43. The molecule has 8 heteroatoms. The molecule has 1 unspecified atom stereocenters. The Labute approximate surface area is 136 Å². The molecule has 0 saturated heterocycles. The number of ether oxygens (including phenoxy) is 1. The lowest BCUT2D eigenvalue weighted by atomic mass is 9.94. The molecule has 1 atom stereocenters. The van der Waals surface area contributed by atoms with E-state index in [1.165, 1.54) is 18.5 Å². The zero-order valence-corrected chi connectivity index (χ0v) is 14.0. The molecule has 0 heterocycles. The molecule has 2 rings (SSSR count). The van der Waals surface area contributed by atoms with Gasteiger partial charge in [0.25, 0.3) is 10.2 Å². The lowest BCUT2D eigenvalue weighted by molar-refractivity contribution is -0.138. The van der Waals surface area contributed by atoms with Gasteiger partial charge in [0, 0.05) is 13.1 Å². The molecule has 0 amide bonds. The Kier molecular flexibility index (Phi) is 5.61. The van der Waals surface area contributed by atoms with Crippen molar-refractivity contribution in [3.63, 3.8) is 0 Å². The van der Waals surface area contributed by atoms with Gasteiger partial charge in [-0.15, -0.1) is 0 Å². The molecule has 7 nitrogen and oxygen atoms in total. The van der Waals surface area contributed by atoms with Gasteiger partial charge in [-0.25, -0.2) is 0 Å². The summed E-state index contributed by atoms with van der Waals surface area (Å²) in [6.45, 7) is 0. The van der Waals surface area contributed by atoms with Gasteiger partial charge in [-0.2, -0.15) is 17.4 Å². The largest absolute Gasteiger partial charge is 0.497 e. The van der Waals surface area contributed by atoms with Gasteiger partial charge in [0.2, 0.25) is 0 Å². The van der Waals surface area contributed by atoms with Crippen LogP contribution in [0.4, 0.5) is 0 Å². The lowest BCUT2D eigenvalue weighted by Gasteiger charge is -2.34. The Bertz CT molecular complexity index is 658. The second-order valence-corrected chi connectivity index (χ2v) is 7.43. The minimum Gasteiger partial charge on any atom is -0.497 e. The quantitative estimate of drug-likeness (QED) is 0.735. The van der Waals surface area contributed by atoms with E-state index in [9.17, 15) is 18.3 Å². The molecule has 0 aliphatic heterocycles.